The fourth-order valence-electron chi connectivity index (χ4n) is 2.80. The van der Waals surface area contributed by atoms with E-state index in [-0.39, 0.29) is 16.3 Å². The van der Waals surface area contributed by atoms with Crippen molar-refractivity contribution in [2.45, 2.75) is 37.4 Å². The largest absolute Gasteiger partial charge is 0.495 e. The molecule has 21 heavy (non-hydrogen) atoms. The summed E-state index contributed by atoms with van der Waals surface area (Å²) in [6.07, 6.45) is -0.590. The summed E-state index contributed by atoms with van der Waals surface area (Å²) in [5.41, 5.74) is -1.71. The normalized spacial score (nSPS) is 17.4. The predicted octanol–water partition coefficient (Wildman–Crippen LogP) is 4.47. The maximum atomic E-state index is 13.0. The number of aliphatic imine (C=N–C) groups is 1. The van der Waals surface area contributed by atoms with Crippen LogP contribution >= 0.6 is 11.6 Å². The van der Waals surface area contributed by atoms with Crippen LogP contribution < -0.4 is 4.74 Å². The molecule has 1 saturated carbocycles. The van der Waals surface area contributed by atoms with Crippen LogP contribution in [0.15, 0.2) is 17.1 Å². The van der Waals surface area contributed by atoms with Gasteiger partial charge in [0.25, 0.3) is 0 Å². The maximum Gasteiger partial charge on any atom is 0.416 e. The van der Waals surface area contributed by atoms with Gasteiger partial charge >= 0.3 is 6.18 Å². The van der Waals surface area contributed by atoms with Gasteiger partial charge < -0.3 is 4.74 Å². The minimum absolute atomic E-state index is 0.130. The molecule has 0 N–H and O–H groups in total. The van der Waals surface area contributed by atoms with E-state index in [0.717, 1.165) is 25.0 Å². The van der Waals surface area contributed by atoms with Crippen molar-refractivity contribution in [2.75, 3.05) is 7.11 Å². The van der Waals surface area contributed by atoms with E-state index < -0.39 is 17.3 Å². The molecule has 1 aromatic rings. The number of halogens is 4. The third-order valence-corrected chi connectivity index (χ3v) is 4.05. The lowest BCUT2D eigenvalue weighted by molar-refractivity contribution is -0.137. The number of rotatable bonds is 3. The second-order valence-electron chi connectivity index (χ2n) is 4.98. The highest BCUT2D eigenvalue weighted by Gasteiger charge is 2.41. The van der Waals surface area contributed by atoms with Crippen molar-refractivity contribution in [3.05, 3.63) is 28.3 Å². The first-order valence-electron chi connectivity index (χ1n) is 6.38. The number of isocyanates is 1. The van der Waals surface area contributed by atoms with Crippen LogP contribution in [0.25, 0.3) is 0 Å². The van der Waals surface area contributed by atoms with E-state index in [4.69, 9.17) is 16.3 Å². The monoisotopic (exact) mass is 319 g/mol. The number of hydrogen-bond donors (Lipinski definition) is 0. The average molecular weight is 320 g/mol. The Morgan fingerprint density at radius 1 is 1.33 bits per heavy atom. The molecule has 1 aliphatic carbocycles. The fourth-order valence-corrected chi connectivity index (χ4v) is 3.10. The summed E-state index contributed by atoms with van der Waals surface area (Å²) in [5, 5.41) is -0.144. The standard InChI is InChI=1S/C14H13ClF3NO2/c1-21-12-10(13(19-8-20)4-2-3-5-13)6-9(7-11(12)15)14(16,17)18/h6-7H,2-5H2,1H3. The van der Waals surface area contributed by atoms with Crippen LogP contribution in [0.4, 0.5) is 13.2 Å². The SMILES string of the molecule is COc1c(Cl)cc(C(F)(F)F)cc1C1(N=C=O)CCCC1. The van der Waals surface area contributed by atoms with Gasteiger partial charge in [0.2, 0.25) is 6.08 Å². The van der Waals surface area contributed by atoms with Crippen molar-refractivity contribution >= 4 is 17.7 Å². The lowest BCUT2D eigenvalue weighted by atomic mass is 9.87. The molecule has 0 amide bonds. The Bertz CT molecular complexity index is 589. The van der Waals surface area contributed by atoms with Crippen molar-refractivity contribution < 1.29 is 22.7 Å². The van der Waals surface area contributed by atoms with E-state index in [1.54, 1.807) is 0 Å². The quantitative estimate of drug-likeness (QED) is 0.609. The van der Waals surface area contributed by atoms with Gasteiger partial charge in [-0.25, -0.2) is 4.79 Å². The van der Waals surface area contributed by atoms with Crippen molar-refractivity contribution in [3.8, 4) is 5.75 Å². The number of alkyl halides is 3. The van der Waals surface area contributed by atoms with Gasteiger partial charge in [0, 0.05) is 5.56 Å². The molecule has 0 spiro atoms. The van der Waals surface area contributed by atoms with Gasteiger partial charge in [-0.1, -0.05) is 24.4 Å². The van der Waals surface area contributed by atoms with Gasteiger partial charge in [0.1, 0.15) is 11.3 Å². The lowest BCUT2D eigenvalue weighted by Gasteiger charge is -2.26. The summed E-state index contributed by atoms with van der Waals surface area (Å²) < 4.78 is 44.1. The molecule has 7 heteroatoms. The molecule has 0 saturated heterocycles. The van der Waals surface area contributed by atoms with Gasteiger partial charge in [-0.15, -0.1) is 0 Å². The molecular formula is C14H13ClF3NO2. The summed E-state index contributed by atoms with van der Waals surface area (Å²) in [5.74, 6) is 0.130. The van der Waals surface area contributed by atoms with E-state index in [1.807, 2.05) is 0 Å². The topological polar surface area (TPSA) is 38.7 Å². The molecule has 3 nitrogen and oxygen atoms in total. The molecule has 1 fully saturated rings. The zero-order valence-electron chi connectivity index (χ0n) is 11.3. The van der Waals surface area contributed by atoms with E-state index in [0.29, 0.717) is 12.8 Å². The Balaban J connectivity index is 2.70. The summed E-state index contributed by atoms with van der Waals surface area (Å²) in [6.45, 7) is 0. The van der Waals surface area contributed by atoms with Crippen LogP contribution in [-0.4, -0.2) is 13.2 Å². The van der Waals surface area contributed by atoms with Crippen molar-refractivity contribution in [1.82, 2.24) is 0 Å². The van der Waals surface area contributed by atoms with Crippen molar-refractivity contribution in [3.63, 3.8) is 0 Å². The Morgan fingerprint density at radius 2 is 1.95 bits per heavy atom. The Labute approximate surface area is 124 Å². The molecule has 1 aliphatic rings. The highest BCUT2D eigenvalue weighted by atomic mass is 35.5. The Morgan fingerprint density at radius 3 is 2.43 bits per heavy atom. The van der Waals surface area contributed by atoms with E-state index in [1.165, 1.54) is 13.2 Å². The molecule has 114 valence electrons. The first-order valence-corrected chi connectivity index (χ1v) is 6.76. The molecule has 1 aromatic carbocycles. The molecule has 0 radical (unpaired) electrons. The van der Waals surface area contributed by atoms with Gasteiger partial charge in [-0.3, -0.25) is 0 Å². The average Bonchev–Trinajstić information content (AvgIpc) is 2.87. The van der Waals surface area contributed by atoms with E-state index in [9.17, 15) is 18.0 Å². The highest BCUT2D eigenvalue weighted by molar-refractivity contribution is 6.32. The summed E-state index contributed by atoms with van der Waals surface area (Å²) in [6, 6.07) is 1.79. The van der Waals surface area contributed by atoms with Crippen molar-refractivity contribution in [1.29, 1.82) is 0 Å². The number of methoxy groups -OCH3 is 1. The van der Waals surface area contributed by atoms with Gasteiger partial charge in [0.05, 0.1) is 17.7 Å². The molecule has 0 bridgehead atoms. The fraction of sp³-hybridized carbons (Fsp3) is 0.500. The predicted molar refractivity (Wildman–Crippen MR) is 71.3 cm³/mol. The van der Waals surface area contributed by atoms with Crippen LogP contribution in [0, 0.1) is 0 Å². The first-order chi connectivity index (χ1) is 9.84. The lowest BCUT2D eigenvalue weighted by Crippen LogP contribution is -2.21. The molecule has 0 unspecified atom stereocenters. The van der Waals surface area contributed by atoms with Crippen LogP contribution in [-0.2, 0) is 16.5 Å². The second-order valence-corrected chi connectivity index (χ2v) is 5.39. The maximum absolute atomic E-state index is 13.0. The number of nitrogens with zero attached hydrogens (tertiary/aromatic N) is 1. The number of benzene rings is 1. The molecule has 2 rings (SSSR count). The third kappa shape index (κ3) is 2.92. The zero-order chi connectivity index (χ0) is 15.7. The minimum atomic E-state index is -4.53. The van der Waals surface area contributed by atoms with Crippen LogP contribution in [0.1, 0.15) is 36.8 Å². The molecular weight excluding hydrogens is 307 g/mol. The Kier molecular flexibility index (Phi) is 4.30. The van der Waals surface area contributed by atoms with E-state index >= 15 is 0 Å². The van der Waals surface area contributed by atoms with Gasteiger partial charge in [-0.2, -0.15) is 18.2 Å². The number of hydrogen-bond acceptors (Lipinski definition) is 3. The number of carbonyl (C=O) groups excluding carboxylic acids is 1. The molecule has 0 atom stereocenters. The second kappa shape index (κ2) is 5.70. The van der Waals surface area contributed by atoms with Gasteiger partial charge in [-0.05, 0) is 25.0 Å². The zero-order valence-corrected chi connectivity index (χ0v) is 12.0. The number of ether oxygens (including phenoxy) is 1. The van der Waals surface area contributed by atoms with Crippen LogP contribution in [0.2, 0.25) is 5.02 Å². The minimum Gasteiger partial charge on any atom is -0.495 e. The first kappa shape index (κ1) is 15.9. The molecule has 0 heterocycles. The highest BCUT2D eigenvalue weighted by Crippen LogP contribution is 2.49. The van der Waals surface area contributed by atoms with Crippen molar-refractivity contribution in [2.24, 2.45) is 4.99 Å². The third-order valence-electron chi connectivity index (χ3n) is 3.77. The smallest absolute Gasteiger partial charge is 0.416 e. The summed E-state index contributed by atoms with van der Waals surface area (Å²) in [4.78, 5) is 14.5. The molecule has 0 aliphatic heterocycles. The Hall–Kier alpha value is -1.52. The van der Waals surface area contributed by atoms with E-state index in [2.05, 4.69) is 4.99 Å². The van der Waals surface area contributed by atoms with Crippen LogP contribution in [0.3, 0.4) is 0 Å². The summed E-state index contributed by atoms with van der Waals surface area (Å²) in [7, 11) is 1.32. The van der Waals surface area contributed by atoms with Crippen LogP contribution in [0.5, 0.6) is 5.75 Å². The van der Waals surface area contributed by atoms with Gasteiger partial charge in [0.15, 0.2) is 0 Å². The summed E-state index contributed by atoms with van der Waals surface area (Å²) >= 11 is 5.92. The molecule has 0 aromatic heterocycles.